The van der Waals surface area contributed by atoms with Crippen molar-refractivity contribution in [1.82, 2.24) is 0 Å². The number of nitro benzene ring substituents is 1. The van der Waals surface area contributed by atoms with Crippen LogP contribution in [0.4, 0.5) is 11.4 Å². The van der Waals surface area contributed by atoms with E-state index in [1.165, 1.54) is 12.1 Å². The van der Waals surface area contributed by atoms with Crippen LogP contribution >= 0.6 is 0 Å². The van der Waals surface area contributed by atoms with Crippen molar-refractivity contribution in [2.75, 3.05) is 11.9 Å². The SMILES string of the molecule is Cc1ccc(NC(=O)CCN)c([N+](=O)[O-])c1. The molecule has 1 amide bonds. The van der Waals surface area contributed by atoms with E-state index in [0.29, 0.717) is 0 Å². The third kappa shape index (κ3) is 3.03. The summed E-state index contributed by atoms with van der Waals surface area (Å²) < 4.78 is 0. The van der Waals surface area contributed by atoms with Crippen LogP contribution < -0.4 is 11.1 Å². The smallest absolute Gasteiger partial charge is 0.293 e. The van der Waals surface area contributed by atoms with Crippen molar-refractivity contribution >= 4 is 17.3 Å². The molecule has 86 valence electrons. The summed E-state index contributed by atoms with van der Waals surface area (Å²) in [5.41, 5.74) is 6.07. The number of amides is 1. The monoisotopic (exact) mass is 223 g/mol. The molecule has 0 radical (unpaired) electrons. The Morgan fingerprint density at radius 3 is 2.81 bits per heavy atom. The molecule has 0 atom stereocenters. The highest BCUT2D eigenvalue weighted by Gasteiger charge is 2.15. The normalized spacial score (nSPS) is 9.88. The van der Waals surface area contributed by atoms with Crippen molar-refractivity contribution in [3.63, 3.8) is 0 Å². The highest BCUT2D eigenvalue weighted by atomic mass is 16.6. The second kappa shape index (κ2) is 5.22. The van der Waals surface area contributed by atoms with Crippen molar-refractivity contribution in [2.24, 2.45) is 5.73 Å². The second-order valence-corrected chi connectivity index (χ2v) is 3.36. The molecule has 6 heteroatoms. The Balaban J connectivity index is 2.95. The van der Waals surface area contributed by atoms with E-state index >= 15 is 0 Å². The molecule has 1 rings (SSSR count). The highest BCUT2D eigenvalue weighted by molar-refractivity contribution is 5.93. The van der Waals surface area contributed by atoms with Gasteiger partial charge in [0.05, 0.1) is 4.92 Å². The molecule has 0 heterocycles. The third-order valence-corrected chi connectivity index (χ3v) is 2.00. The number of hydrogen-bond donors (Lipinski definition) is 2. The lowest BCUT2D eigenvalue weighted by Gasteiger charge is -2.05. The quantitative estimate of drug-likeness (QED) is 0.591. The van der Waals surface area contributed by atoms with Gasteiger partial charge in [0.25, 0.3) is 5.69 Å². The summed E-state index contributed by atoms with van der Waals surface area (Å²) in [6, 6.07) is 4.63. The second-order valence-electron chi connectivity index (χ2n) is 3.36. The molecule has 3 N–H and O–H groups in total. The average Bonchev–Trinajstić information content (AvgIpc) is 2.20. The first-order chi connectivity index (χ1) is 7.54. The number of benzene rings is 1. The molecule has 0 saturated carbocycles. The summed E-state index contributed by atoms with van der Waals surface area (Å²) in [5, 5.41) is 13.2. The molecular weight excluding hydrogens is 210 g/mol. The Morgan fingerprint density at radius 2 is 2.25 bits per heavy atom. The molecule has 0 aromatic heterocycles. The summed E-state index contributed by atoms with van der Waals surface area (Å²) in [6.07, 6.45) is 0.144. The zero-order valence-electron chi connectivity index (χ0n) is 8.90. The van der Waals surface area contributed by atoms with Crippen molar-refractivity contribution in [3.8, 4) is 0 Å². The molecule has 0 bridgehead atoms. The van der Waals surface area contributed by atoms with Crippen molar-refractivity contribution in [1.29, 1.82) is 0 Å². The molecule has 0 spiro atoms. The Morgan fingerprint density at radius 1 is 1.56 bits per heavy atom. The van der Waals surface area contributed by atoms with E-state index in [1.807, 2.05) is 0 Å². The van der Waals surface area contributed by atoms with Crippen LogP contribution in [0.3, 0.4) is 0 Å². The average molecular weight is 223 g/mol. The first kappa shape index (κ1) is 12.1. The zero-order chi connectivity index (χ0) is 12.1. The van der Waals surface area contributed by atoms with Gasteiger partial charge in [0.2, 0.25) is 5.91 Å². The summed E-state index contributed by atoms with van der Waals surface area (Å²) >= 11 is 0. The number of nitrogens with zero attached hydrogens (tertiary/aromatic N) is 1. The molecule has 0 fully saturated rings. The van der Waals surface area contributed by atoms with Gasteiger partial charge in [-0.25, -0.2) is 0 Å². The van der Waals surface area contributed by atoms with Crippen LogP contribution in [-0.4, -0.2) is 17.4 Å². The summed E-state index contributed by atoms with van der Waals surface area (Å²) in [7, 11) is 0. The number of nitrogens with two attached hydrogens (primary N) is 1. The molecule has 16 heavy (non-hydrogen) atoms. The van der Waals surface area contributed by atoms with E-state index in [2.05, 4.69) is 5.32 Å². The maximum atomic E-state index is 11.3. The van der Waals surface area contributed by atoms with Gasteiger partial charge in [-0.05, 0) is 18.6 Å². The van der Waals surface area contributed by atoms with Crippen molar-refractivity contribution in [2.45, 2.75) is 13.3 Å². The number of nitro groups is 1. The number of aryl methyl sites for hydroxylation is 1. The maximum Gasteiger partial charge on any atom is 0.293 e. The molecule has 0 unspecified atom stereocenters. The molecule has 0 aliphatic heterocycles. The number of rotatable bonds is 4. The minimum absolute atomic E-state index is 0.106. The van der Waals surface area contributed by atoms with Gasteiger partial charge >= 0.3 is 0 Å². The standard InChI is InChI=1S/C10H13N3O3/c1-7-2-3-8(9(6-7)13(15)16)12-10(14)4-5-11/h2-3,6H,4-5,11H2,1H3,(H,12,14). The lowest BCUT2D eigenvalue weighted by atomic mass is 10.2. The molecular formula is C10H13N3O3. The van der Waals surface area contributed by atoms with E-state index in [1.54, 1.807) is 13.0 Å². The van der Waals surface area contributed by atoms with Gasteiger partial charge in [-0.1, -0.05) is 6.07 Å². The van der Waals surface area contributed by atoms with Gasteiger partial charge in [0.1, 0.15) is 5.69 Å². The van der Waals surface area contributed by atoms with Crippen LogP contribution in [-0.2, 0) is 4.79 Å². The van der Waals surface area contributed by atoms with Crippen molar-refractivity contribution in [3.05, 3.63) is 33.9 Å². The van der Waals surface area contributed by atoms with Gasteiger partial charge in [-0.3, -0.25) is 14.9 Å². The van der Waals surface area contributed by atoms with Crippen LogP contribution in [0.1, 0.15) is 12.0 Å². The van der Waals surface area contributed by atoms with Gasteiger partial charge in [0.15, 0.2) is 0 Å². The third-order valence-electron chi connectivity index (χ3n) is 2.00. The zero-order valence-corrected chi connectivity index (χ0v) is 8.90. The topological polar surface area (TPSA) is 98.3 Å². The molecule has 0 aliphatic carbocycles. The highest BCUT2D eigenvalue weighted by Crippen LogP contribution is 2.25. The summed E-state index contributed by atoms with van der Waals surface area (Å²) in [4.78, 5) is 21.5. The minimum Gasteiger partial charge on any atom is -0.330 e. The van der Waals surface area contributed by atoms with Crippen LogP contribution in [0.5, 0.6) is 0 Å². The Hall–Kier alpha value is -1.95. The van der Waals surface area contributed by atoms with Crippen LogP contribution in [0, 0.1) is 17.0 Å². The largest absolute Gasteiger partial charge is 0.330 e. The van der Waals surface area contributed by atoms with E-state index in [4.69, 9.17) is 5.73 Å². The van der Waals surface area contributed by atoms with Crippen molar-refractivity contribution < 1.29 is 9.72 Å². The van der Waals surface area contributed by atoms with Crippen LogP contribution in [0.25, 0.3) is 0 Å². The fourth-order valence-corrected chi connectivity index (χ4v) is 1.24. The molecule has 0 aliphatic rings. The first-order valence-corrected chi connectivity index (χ1v) is 4.79. The number of anilines is 1. The van der Waals surface area contributed by atoms with E-state index in [9.17, 15) is 14.9 Å². The first-order valence-electron chi connectivity index (χ1n) is 4.79. The minimum atomic E-state index is -0.523. The predicted molar refractivity (Wildman–Crippen MR) is 60.1 cm³/mol. The predicted octanol–water partition coefficient (Wildman–Crippen LogP) is 1.19. The Kier molecular flexibility index (Phi) is 3.96. The maximum absolute atomic E-state index is 11.3. The number of carbonyl (C=O) groups excluding carboxylic acids is 1. The van der Waals surface area contributed by atoms with Gasteiger partial charge < -0.3 is 11.1 Å². The summed E-state index contributed by atoms with van der Waals surface area (Å²) in [5.74, 6) is -0.325. The van der Waals surface area contributed by atoms with E-state index in [0.717, 1.165) is 5.56 Å². The van der Waals surface area contributed by atoms with Crippen LogP contribution in [0.2, 0.25) is 0 Å². The Bertz CT molecular complexity index is 418. The van der Waals surface area contributed by atoms with Gasteiger partial charge in [-0.15, -0.1) is 0 Å². The lowest BCUT2D eigenvalue weighted by Crippen LogP contribution is -2.16. The number of carbonyl (C=O) groups is 1. The molecule has 6 nitrogen and oxygen atoms in total. The fraction of sp³-hybridized carbons (Fsp3) is 0.300. The number of hydrogen-bond acceptors (Lipinski definition) is 4. The van der Waals surface area contributed by atoms with E-state index in [-0.39, 0.29) is 30.2 Å². The molecule has 0 saturated heterocycles. The summed E-state index contributed by atoms with van der Waals surface area (Å²) in [6.45, 7) is 1.96. The Labute approximate surface area is 92.6 Å². The molecule has 1 aromatic rings. The fourth-order valence-electron chi connectivity index (χ4n) is 1.24. The lowest BCUT2D eigenvalue weighted by molar-refractivity contribution is -0.384. The van der Waals surface area contributed by atoms with E-state index < -0.39 is 4.92 Å². The number of nitrogens with one attached hydrogen (secondary N) is 1. The van der Waals surface area contributed by atoms with Gasteiger partial charge in [-0.2, -0.15) is 0 Å². The van der Waals surface area contributed by atoms with Gasteiger partial charge in [0, 0.05) is 19.0 Å². The van der Waals surface area contributed by atoms with Crippen LogP contribution in [0.15, 0.2) is 18.2 Å². The molecule has 1 aromatic carbocycles.